The molecule has 1 fully saturated rings. The van der Waals surface area contributed by atoms with Crippen molar-refractivity contribution >= 4 is 11.6 Å². The molecule has 1 aliphatic rings. The molecule has 0 saturated heterocycles. The zero-order valence-corrected chi connectivity index (χ0v) is 13.2. The second-order valence-electron chi connectivity index (χ2n) is 5.89. The van der Waals surface area contributed by atoms with Crippen molar-refractivity contribution in [3.05, 3.63) is 34.6 Å². The number of benzene rings is 1. The van der Waals surface area contributed by atoms with E-state index in [1.807, 2.05) is 6.07 Å². The van der Waals surface area contributed by atoms with Gasteiger partial charge in [0, 0.05) is 16.6 Å². The van der Waals surface area contributed by atoms with E-state index in [-0.39, 0.29) is 11.9 Å². The Labute approximate surface area is 126 Å². The lowest BCUT2D eigenvalue weighted by Crippen LogP contribution is -2.31. The molecule has 1 nitrogen and oxygen atoms in total. The van der Waals surface area contributed by atoms with Crippen LogP contribution in [0.15, 0.2) is 18.2 Å². The highest BCUT2D eigenvalue weighted by Gasteiger charge is 2.29. The summed E-state index contributed by atoms with van der Waals surface area (Å²) in [6.07, 6.45) is 6.21. The smallest absolute Gasteiger partial charge is 0.129 e. The van der Waals surface area contributed by atoms with Crippen LogP contribution in [0.5, 0.6) is 0 Å². The van der Waals surface area contributed by atoms with Crippen LogP contribution in [0.3, 0.4) is 0 Å². The molecule has 1 aromatic rings. The minimum absolute atomic E-state index is 0.120. The van der Waals surface area contributed by atoms with E-state index < -0.39 is 0 Å². The van der Waals surface area contributed by atoms with Gasteiger partial charge in [-0.3, -0.25) is 0 Å². The third-order valence-electron chi connectivity index (χ3n) is 4.66. The molecule has 1 aromatic carbocycles. The van der Waals surface area contributed by atoms with Gasteiger partial charge in [-0.05, 0) is 43.4 Å². The fraction of sp³-hybridized carbons (Fsp3) is 0.647. The summed E-state index contributed by atoms with van der Waals surface area (Å²) in [6, 6.07) is 5.19. The van der Waals surface area contributed by atoms with Crippen LogP contribution >= 0.6 is 11.6 Å². The van der Waals surface area contributed by atoms with Crippen molar-refractivity contribution < 1.29 is 4.39 Å². The Balaban J connectivity index is 2.14. The van der Waals surface area contributed by atoms with Crippen molar-refractivity contribution in [1.82, 2.24) is 5.32 Å². The minimum Gasteiger partial charge on any atom is -0.310 e. The summed E-state index contributed by atoms with van der Waals surface area (Å²) < 4.78 is 14.2. The highest BCUT2D eigenvalue weighted by Crippen LogP contribution is 2.38. The quantitative estimate of drug-likeness (QED) is 0.773. The van der Waals surface area contributed by atoms with E-state index in [9.17, 15) is 4.39 Å². The molecule has 0 aliphatic heterocycles. The standard InChI is InChI=1S/C17H25ClFN/c1-3-12-5-7-13(8-6-12)17(20-4-2)15-10-9-14(18)11-16(15)19/h9-13,17,20H,3-8H2,1-2H3. The second kappa shape index (κ2) is 7.42. The van der Waals surface area contributed by atoms with Crippen LogP contribution in [0.1, 0.15) is 57.6 Å². The van der Waals surface area contributed by atoms with Crippen molar-refractivity contribution in [1.29, 1.82) is 0 Å². The molecule has 0 heterocycles. The van der Waals surface area contributed by atoms with Crippen LogP contribution in [0.2, 0.25) is 5.02 Å². The first-order chi connectivity index (χ1) is 9.65. The molecular weight excluding hydrogens is 273 g/mol. The highest BCUT2D eigenvalue weighted by atomic mass is 35.5. The molecule has 1 atom stereocenters. The number of rotatable bonds is 5. The summed E-state index contributed by atoms with van der Waals surface area (Å²) in [7, 11) is 0. The minimum atomic E-state index is -0.180. The van der Waals surface area contributed by atoms with Crippen LogP contribution in [-0.4, -0.2) is 6.54 Å². The van der Waals surface area contributed by atoms with Crippen molar-refractivity contribution in [2.24, 2.45) is 11.8 Å². The van der Waals surface area contributed by atoms with E-state index in [0.717, 1.165) is 18.0 Å². The van der Waals surface area contributed by atoms with Gasteiger partial charge in [0.05, 0.1) is 0 Å². The third kappa shape index (κ3) is 3.73. The maximum Gasteiger partial charge on any atom is 0.129 e. The molecule has 0 spiro atoms. The zero-order chi connectivity index (χ0) is 14.5. The topological polar surface area (TPSA) is 12.0 Å². The lowest BCUT2D eigenvalue weighted by Gasteiger charge is -2.34. The van der Waals surface area contributed by atoms with Gasteiger partial charge >= 0.3 is 0 Å². The molecule has 112 valence electrons. The van der Waals surface area contributed by atoms with Gasteiger partial charge in [0.2, 0.25) is 0 Å². The number of hydrogen-bond donors (Lipinski definition) is 1. The van der Waals surface area contributed by atoms with Gasteiger partial charge in [0.1, 0.15) is 5.82 Å². The Morgan fingerprint density at radius 1 is 1.25 bits per heavy atom. The number of halogens is 2. The van der Waals surface area contributed by atoms with E-state index in [1.165, 1.54) is 38.2 Å². The number of nitrogens with one attached hydrogen (secondary N) is 1. The molecule has 0 aromatic heterocycles. The van der Waals surface area contributed by atoms with Crippen molar-refractivity contribution in [3.63, 3.8) is 0 Å². The van der Waals surface area contributed by atoms with Crippen molar-refractivity contribution in [2.45, 2.75) is 52.0 Å². The van der Waals surface area contributed by atoms with Crippen LogP contribution in [0.4, 0.5) is 4.39 Å². The molecule has 1 N–H and O–H groups in total. The monoisotopic (exact) mass is 297 g/mol. The molecule has 1 aliphatic carbocycles. The third-order valence-corrected chi connectivity index (χ3v) is 4.90. The SMILES string of the molecule is CCNC(c1ccc(Cl)cc1F)C1CCC(CC)CC1. The summed E-state index contributed by atoms with van der Waals surface area (Å²) in [5, 5.41) is 3.95. The Bertz CT molecular complexity index is 427. The molecular formula is C17H25ClFN. The van der Waals surface area contributed by atoms with E-state index in [4.69, 9.17) is 11.6 Å². The molecule has 3 heteroatoms. The predicted octanol–water partition coefficient (Wildman–Crippen LogP) is 5.35. The second-order valence-corrected chi connectivity index (χ2v) is 6.33. The van der Waals surface area contributed by atoms with Crippen LogP contribution in [0.25, 0.3) is 0 Å². The van der Waals surface area contributed by atoms with E-state index in [0.29, 0.717) is 10.9 Å². The van der Waals surface area contributed by atoms with Crippen molar-refractivity contribution in [2.75, 3.05) is 6.54 Å². The molecule has 1 saturated carbocycles. The molecule has 1 unspecified atom stereocenters. The summed E-state index contributed by atoms with van der Waals surface area (Å²) in [6.45, 7) is 5.21. The summed E-state index contributed by atoms with van der Waals surface area (Å²) >= 11 is 5.86. The molecule has 0 radical (unpaired) electrons. The van der Waals surface area contributed by atoms with Gasteiger partial charge in [-0.25, -0.2) is 4.39 Å². The first kappa shape index (κ1) is 15.8. The Morgan fingerprint density at radius 2 is 1.95 bits per heavy atom. The van der Waals surface area contributed by atoms with Gasteiger partial charge in [-0.1, -0.05) is 50.8 Å². The molecule has 20 heavy (non-hydrogen) atoms. The zero-order valence-electron chi connectivity index (χ0n) is 12.5. The van der Waals surface area contributed by atoms with Crippen molar-refractivity contribution in [3.8, 4) is 0 Å². The average Bonchev–Trinajstić information content (AvgIpc) is 2.46. The lowest BCUT2D eigenvalue weighted by molar-refractivity contribution is 0.217. The molecule has 0 bridgehead atoms. The average molecular weight is 298 g/mol. The summed E-state index contributed by atoms with van der Waals surface area (Å²) in [4.78, 5) is 0. The van der Waals surface area contributed by atoms with Crippen LogP contribution in [0, 0.1) is 17.7 Å². The Kier molecular flexibility index (Phi) is 5.86. The van der Waals surface area contributed by atoms with Gasteiger partial charge in [0.15, 0.2) is 0 Å². The first-order valence-electron chi connectivity index (χ1n) is 7.84. The fourth-order valence-corrected chi connectivity index (χ4v) is 3.59. The van der Waals surface area contributed by atoms with Crippen LogP contribution < -0.4 is 5.32 Å². The normalized spacial score (nSPS) is 24.6. The van der Waals surface area contributed by atoms with Gasteiger partial charge < -0.3 is 5.32 Å². The van der Waals surface area contributed by atoms with Gasteiger partial charge in [-0.2, -0.15) is 0 Å². The van der Waals surface area contributed by atoms with E-state index in [2.05, 4.69) is 19.2 Å². The largest absolute Gasteiger partial charge is 0.310 e. The summed E-state index contributed by atoms with van der Waals surface area (Å²) in [5.41, 5.74) is 0.774. The van der Waals surface area contributed by atoms with Gasteiger partial charge in [-0.15, -0.1) is 0 Å². The maximum atomic E-state index is 14.2. The lowest BCUT2D eigenvalue weighted by atomic mass is 9.76. The van der Waals surface area contributed by atoms with E-state index >= 15 is 0 Å². The highest BCUT2D eigenvalue weighted by molar-refractivity contribution is 6.30. The Morgan fingerprint density at radius 3 is 2.50 bits per heavy atom. The number of hydrogen-bond acceptors (Lipinski definition) is 1. The first-order valence-corrected chi connectivity index (χ1v) is 8.21. The summed E-state index contributed by atoms with van der Waals surface area (Å²) in [5.74, 6) is 1.22. The van der Waals surface area contributed by atoms with E-state index in [1.54, 1.807) is 6.07 Å². The fourth-order valence-electron chi connectivity index (χ4n) is 3.43. The Hall–Kier alpha value is -0.600. The molecule has 0 amide bonds. The predicted molar refractivity (Wildman–Crippen MR) is 83.6 cm³/mol. The molecule has 2 rings (SSSR count). The maximum absolute atomic E-state index is 14.2. The van der Waals surface area contributed by atoms with Gasteiger partial charge in [0.25, 0.3) is 0 Å². The van der Waals surface area contributed by atoms with Crippen LogP contribution in [-0.2, 0) is 0 Å².